The molecule has 0 heterocycles. The molecule has 0 spiro atoms. The second kappa shape index (κ2) is 4.99. The van der Waals surface area contributed by atoms with Crippen LogP contribution in [0.1, 0.15) is 65.7 Å². The van der Waals surface area contributed by atoms with Gasteiger partial charge in [-0.25, -0.2) is 0 Å². The minimum Gasteiger partial charge on any atom is -0.295 e. The van der Waals surface area contributed by atoms with Crippen LogP contribution >= 0.6 is 0 Å². The van der Waals surface area contributed by atoms with Crippen molar-refractivity contribution in [1.29, 1.82) is 5.26 Å². The largest absolute Gasteiger partial charge is 0.295 e. The zero-order chi connectivity index (χ0) is 17.6. The maximum Gasteiger partial charge on any atom is 0.155 e. The number of nitrogens with zero attached hydrogens (tertiary/aromatic N) is 1. The number of hydrogen-bond acceptors (Lipinski definition) is 2. The third-order valence-corrected chi connectivity index (χ3v) is 9.67. The van der Waals surface area contributed by atoms with E-state index >= 15 is 0 Å². The van der Waals surface area contributed by atoms with Gasteiger partial charge in [-0.2, -0.15) is 5.26 Å². The second-order valence-corrected chi connectivity index (χ2v) is 10.1. The van der Waals surface area contributed by atoms with E-state index in [0.717, 1.165) is 42.9 Å². The maximum absolute atomic E-state index is 11.9. The summed E-state index contributed by atoms with van der Waals surface area (Å²) in [5, 5.41) is 10.1. The fourth-order valence-corrected chi connectivity index (χ4v) is 8.66. The first-order valence-electron chi connectivity index (χ1n) is 10.6. The van der Waals surface area contributed by atoms with E-state index in [4.69, 9.17) is 0 Å². The molecular weight excluding hydrogens is 306 g/mol. The molecule has 0 bridgehead atoms. The minimum atomic E-state index is -0.0968. The normalized spacial score (nSPS) is 56.0. The van der Waals surface area contributed by atoms with E-state index in [1.165, 1.54) is 31.3 Å². The molecule has 5 rings (SSSR count). The van der Waals surface area contributed by atoms with Gasteiger partial charge in [0.05, 0.1) is 11.5 Å². The summed E-state index contributed by atoms with van der Waals surface area (Å²) in [4.78, 5) is 11.9. The van der Waals surface area contributed by atoms with Crippen LogP contribution in [-0.4, -0.2) is 5.78 Å². The van der Waals surface area contributed by atoms with Crippen molar-refractivity contribution in [2.45, 2.75) is 65.7 Å². The molecule has 0 aromatic rings. The molecule has 0 aliphatic heterocycles. The van der Waals surface area contributed by atoms with E-state index < -0.39 is 0 Å². The Morgan fingerprint density at radius 1 is 1.32 bits per heavy atom. The van der Waals surface area contributed by atoms with Gasteiger partial charge in [-0.1, -0.05) is 19.4 Å². The third kappa shape index (κ3) is 1.78. The van der Waals surface area contributed by atoms with Gasteiger partial charge in [0.15, 0.2) is 5.78 Å². The molecule has 4 fully saturated rings. The summed E-state index contributed by atoms with van der Waals surface area (Å²) < 4.78 is 0. The predicted octanol–water partition coefficient (Wildman–Crippen LogP) is 5.15. The Bertz CT molecular complexity index is 701. The van der Waals surface area contributed by atoms with Crippen LogP contribution in [0.25, 0.3) is 0 Å². The number of rotatable bonds is 1. The highest BCUT2D eigenvalue weighted by molar-refractivity contribution is 5.91. The number of carbonyl (C=O) groups excluding carboxylic acids is 1. The van der Waals surface area contributed by atoms with Gasteiger partial charge in [0.25, 0.3) is 0 Å². The summed E-state index contributed by atoms with van der Waals surface area (Å²) in [6.07, 6.45) is 10.0. The van der Waals surface area contributed by atoms with E-state index in [1.807, 2.05) is 6.08 Å². The first kappa shape index (κ1) is 16.1. The standard InChI is InChI=1S/C23H31NO/c1-4-23-8-7-17-16-6-5-15(25)10-14(16)9-13(2)20(17)21(23)18-11-19(18)22(23,3)12-24/h10,13,16-21H,4-9,11H2,1-3H3/t13-,16+,17-,18-,19+,20-,21+,22+,23+/m1/s1. The van der Waals surface area contributed by atoms with Gasteiger partial charge in [-0.3, -0.25) is 4.79 Å². The van der Waals surface area contributed by atoms with Gasteiger partial charge in [0.1, 0.15) is 0 Å². The van der Waals surface area contributed by atoms with Crippen LogP contribution in [0.15, 0.2) is 11.6 Å². The first-order chi connectivity index (χ1) is 12.0. The topological polar surface area (TPSA) is 40.9 Å². The molecule has 2 heteroatoms. The Morgan fingerprint density at radius 3 is 2.84 bits per heavy atom. The third-order valence-electron chi connectivity index (χ3n) is 9.67. The molecular formula is C23H31NO. The van der Waals surface area contributed by atoms with Crippen LogP contribution in [0.4, 0.5) is 0 Å². The number of nitriles is 1. The summed E-state index contributed by atoms with van der Waals surface area (Å²) >= 11 is 0. The zero-order valence-electron chi connectivity index (χ0n) is 15.9. The van der Waals surface area contributed by atoms with Gasteiger partial charge in [-0.05, 0) is 98.4 Å². The molecule has 5 aliphatic rings. The zero-order valence-corrected chi connectivity index (χ0v) is 15.9. The first-order valence-corrected chi connectivity index (χ1v) is 10.6. The lowest BCUT2D eigenvalue weighted by molar-refractivity contribution is -0.117. The van der Waals surface area contributed by atoms with Crippen LogP contribution in [0.2, 0.25) is 0 Å². The van der Waals surface area contributed by atoms with Crippen molar-refractivity contribution < 1.29 is 4.79 Å². The Balaban J connectivity index is 1.57. The molecule has 5 aliphatic carbocycles. The quantitative estimate of drug-likeness (QED) is 0.664. The molecule has 0 aromatic carbocycles. The lowest BCUT2D eigenvalue weighted by atomic mass is 9.44. The van der Waals surface area contributed by atoms with Crippen molar-refractivity contribution in [1.82, 2.24) is 0 Å². The number of hydrogen-bond donors (Lipinski definition) is 0. The molecule has 0 N–H and O–H groups in total. The lowest BCUT2D eigenvalue weighted by Crippen LogP contribution is -2.54. The summed E-state index contributed by atoms with van der Waals surface area (Å²) in [6.45, 7) is 7.10. The van der Waals surface area contributed by atoms with Crippen molar-refractivity contribution >= 4 is 5.78 Å². The number of ketones is 1. The van der Waals surface area contributed by atoms with Gasteiger partial charge in [0.2, 0.25) is 0 Å². The molecule has 0 aromatic heterocycles. The monoisotopic (exact) mass is 337 g/mol. The van der Waals surface area contributed by atoms with Crippen molar-refractivity contribution in [2.75, 3.05) is 0 Å². The summed E-state index contributed by atoms with van der Waals surface area (Å²) in [6, 6.07) is 2.84. The van der Waals surface area contributed by atoms with Crippen molar-refractivity contribution in [2.24, 2.45) is 52.3 Å². The molecule has 0 radical (unpaired) electrons. The lowest BCUT2D eigenvalue weighted by Gasteiger charge is -2.59. The predicted molar refractivity (Wildman–Crippen MR) is 97.3 cm³/mol. The van der Waals surface area contributed by atoms with Crippen LogP contribution in [-0.2, 0) is 4.79 Å². The van der Waals surface area contributed by atoms with E-state index in [-0.39, 0.29) is 10.8 Å². The average Bonchev–Trinajstić information content (AvgIpc) is 3.36. The van der Waals surface area contributed by atoms with Crippen LogP contribution in [0, 0.1) is 63.6 Å². The smallest absolute Gasteiger partial charge is 0.155 e. The highest BCUT2D eigenvalue weighted by Crippen LogP contribution is 2.80. The molecule has 4 saturated carbocycles. The highest BCUT2D eigenvalue weighted by Gasteiger charge is 2.76. The van der Waals surface area contributed by atoms with E-state index in [0.29, 0.717) is 23.5 Å². The molecule has 25 heavy (non-hydrogen) atoms. The Hall–Kier alpha value is -1.10. The molecule has 0 unspecified atom stereocenters. The average molecular weight is 338 g/mol. The summed E-state index contributed by atoms with van der Waals surface area (Å²) in [5.74, 6) is 5.51. The SMILES string of the molecule is CC[C@]12CC[C@H]3[C@H]([C@@H]1[C@@H]1C[C@@H]1[C@]2(C)C#N)[C@H](C)CC1=CC(=O)CC[C@@H]13. The van der Waals surface area contributed by atoms with Crippen molar-refractivity contribution in [3.05, 3.63) is 11.6 Å². The van der Waals surface area contributed by atoms with Crippen molar-refractivity contribution in [3.63, 3.8) is 0 Å². The number of carbonyl (C=O) groups is 1. The molecule has 2 nitrogen and oxygen atoms in total. The van der Waals surface area contributed by atoms with Gasteiger partial charge >= 0.3 is 0 Å². The van der Waals surface area contributed by atoms with E-state index in [1.54, 1.807) is 0 Å². The summed E-state index contributed by atoms with van der Waals surface area (Å²) in [5.41, 5.74) is 1.64. The Labute approximate surface area is 152 Å². The Morgan fingerprint density at radius 2 is 2.12 bits per heavy atom. The molecule has 0 amide bonds. The minimum absolute atomic E-state index is 0.0968. The van der Waals surface area contributed by atoms with Gasteiger partial charge in [0, 0.05) is 6.42 Å². The fourth-order valence-electron chi connectivity index (χ4n) is 8.66. The van der Waals surface area contributed by atoms with Crippen LogP contribution < -0.4 is 0 Å². The highest BCUT2D eigenvalue weighted by atomic mass is 16.1. The fraction of sp³-hybridized carbons (Fsp3) is 0.826. The molecule has 134 valence electrons. The molecule has 0 saturated heterocycles. The number of fused-ring (bicyclic) bond motifs is 7. The van der Waals surface area contributed by atoms with Crippen molar-refractivity contribution in [3.8, 4) is 6.07 Å². The summed E-state index contributed by atoms with van der Waals surface area (Å²) in [7, 11) is 0. The van der Waals surface area contributed by atoms with Gasteiger partial charge < -0.3 is 0 Å². The second-order valence-electron chi connectivity index (χ2n) is 10.1. The van der Waals surface area contributed by atoms with Crippen LogP contribution in [0.3, 0.4) is 0 Å². The van der Waals surface area contributed by atoms with Gasteiger partial charge in [-0.15, -0.1) is 0 Å². The van der Waals surface area contributed by atoms with E-state index in [2.05, 4.69) is 26.8 Å². The molecule has 9 atom stereocenters. The van der Waals surface area contributed by atoms with Crippen LogP contribution in [0.5, 0.6) is 0 Å². The Kier molecular flexibility index (Phi) is 3.22. The number of allylic oxidation sites excluding steroid dienone is 1. The van der Waals surface area contributed by atoms with E-state index in [9.17, 15) is 10.1 Å². The maximum atomic E-state index is 11.9.